The maximum atomic E-state index is 12.2. The second-order valence-electron chi connectivity index (χ2n) is 7.21. The first-order valence-corrected chi connectivity index (χ1v) is 8.67. The van der Waals surface area contributed by atoms with Crippen molar-refractivity contribution in [1.29, 1.82) is 0 Å². The molecule has 0 aliphatic carbocycles. The Hall–Kier alpha value is -2.74. The normalized spacial score (nSPS) is 24.3. The van der Waals surface area contributed by atoms with Gasteiger partial charge in [0, 0.05) is 36.2 Å². The molecule has 0 saturated carbocycles. The van der Waals surface area contributed by atoms with E-state index >= 15 is 0 Å². The quantitative estimate of drug-likeness (QED) is 0.867. The van der Waals surface area contributed by atoms with Crippen molar-refractivity contribution in [2.75, 3.05) is 6.54 Å². The fourth-order valence-electron chi connectivity index (χ4n) is 3.56. The van der Waals surface area contributed by atoms with Gasteiger partial charge in [0.05, 0.1) is 0 Å². The molecule has 4 rings (SSSR count). The number of nitrogens with zero attached hydrogens (tertiary/aromatic N) is 4. The summed E-state index contributed by atoms with van der Waals surface area (Å²) in [6.45, 7) is 4.11. The lowest BCUT2D eigenvalue weighted by atomic mass is 9.80. The van der Waals surface area contributed by atoms with Crippen LogP contribution in [0, 0.1) is 0 Å². The van der Waals surface area contributed by atoms with Gasteiger partial charge in [-0.15, -0.1) is 10.2 Å². The van der Waals surface area contributed by atoms with Crippen LogP contribution in [0.15, 0.2) is 30.5 Å². The fraction of sp³-hybridized carbons (Fsp3) is 0.444. The van der Waals surface area contributed by atoms with Gasteiger partial charge in [-0.25, -0.2) is 0 Å². The Morgan fingerprint density at radius 1 is 1.42 bits per heavy atom. The van der Waals surface area contributed by atoms with Crippen molar-refractivity contribution in [1.82, 2.24) is 25.5 Å². The molecule has 2 aliphatic heterocycles. The van der Waals surface area contributed by atoms with Crippen LogP contribution in [0.2, 0.25) is 0 Å². The number of aliphatic hydroxyl groups is 1. The summed E-state index contributed by atoms with van der Waals surface area (Å²) in [4.78, 5) is 13.9. The number of tetrazole rings is 1. The number of hydrogen-bond donors (Lipinski definition) is 2. The van der Waals surface area contributed by atoms with Crippen LogP contribution in [-0.2, 0) is 4.79 Å². The summed E-state index contributed by atoms with van der Waals surface area (Å²) in [5, 5.41) is 25.0. The minimum Gasteiger partial charge on any atom is -0.485 e. The van der Waals surface area contributed by atoms with Gasteiger partial charge in [0.25, 0.3) is 0 Å². The number of nitrogens with one attached hydrogen (secondary N) is 1. The lowest BCUT2D eigenvalue weighted by molar-refractivity contribution is -0.130. The van der Waals surface area contributed by atoms with E-state index in [1.807, 2.05) is 44.3 Å². The summed E-state index contributed by atoms with van der Waals surface area (Å²) in [5.74, 6) is 0.956. The summed E-state index contributed by atoms with van der Waals surface area (Å²) < 4.78 is 6.01. The van der Waals surface area contributed by atoms with E-state index < -0.39 is 11.7 Å². The summed E-state index contributed by atoms with van der Waals surface area (Å²) in [6.07, 6.45) is 4.28. The van der Waals surface area contributed by atoms with E-state index in [1.54, 1.807) is 4.90 Å². The number of fused-ring (bicyclic) bond motifs is 1. The van der Waals surface area contributed by atoms with Gasteiger partial charge < -0.3 is 14.7 Å². The summed E-state index contributed by atoms with van der Waals surface area (Å²) in [7, 11) is 0. The van der Waals surface area contributed by atoms with Crippen LogP contribution in [0.25, 0.3) is 11.4 Å². The van der Waals surface area contributed by atoms with Crippen LogP contribution in [0.3, 0.4) is 0 Å². The molecule has 1 aromatic heterocycles. The van der Waals surface area contributed by atoms with Crippen molar-refractivity contribution in [3.8, 4) is 17.1 Å². The van der Waals surface area contributed by atoms with Crippen LogP contribution in [0.4, 0.5) is 0 Å². The highest BCUT2D eigenvalue weighted by molar-refractivity contribution is 5.78. The van der Waals surface area contributed by atoms with E-state index in [0.717, 1.165) is 17.5 Å². The molecule has 0 bridgehead atoms. The average Bonchev–Trinajstić information content (AvgIpc) is 3.15. The zero-order valence-electron chi connectivity index (χ0n) is 14.7. The summed E-state index contributed by atoms with van der Waals surface area (Å²) in [5.41, 5.74) is 0.859. The molecular weight excluding hydrogens is 334 g/mol. The molecule has 26 heavy (non-hydrogen) atoms. The molecule has 8 nitrogen and oxygen atoms in total. The van der Waals surface area contributed by atoms with Crippen molar-refractivity contribution in [3.63, 3.8) is 0 Å². The molecule has 1 aromatic carbocycles. The van der Waals surface area contributed by atoms with Crippen LogP contribution < -0.4 is 4.74 Å². The number of benzene rings is 1. The van der Waals surface area contributed by atoms with Gasteiger partial charge in [-0.05, 0) is 43.7 Å². The predicted octanol–water partition coefficient (Wildman–Crippen LogP) is 1.62. The molecule has 0 radical (unpaired) electrons. The molecule has 0 saturated heterocycles. The van der Waals surface area contributed by atoms with Gasteiger partial charge in [0.1, 0.15) is 17.5 Å². The number of aromatic nitrogens is 4. The predicted molar refractivity (Wildman–Crippen MR) is 93.2 cm³/mol. The number of rotatable bonds is 3. The standard InChI is InChI=1S/C18H21N5O3/c1-18(2)16(25)13(10-23-8-4-3-5-15(23)24)12-9-11(6-7-14(12)26-18)17-19-21-22-20-17/h4,6-9,13,16,25H,3,5,10H2,1-2H3,(H,19,20,21,22)/t13?,16-/m0/s1. The van der Waals surface area contributed by atoms with Gasteiger partial charge >= 0.3 is 0 Å². The second-order valence-corrected chi connectivity index (χ2v) is 7.21. The first-order valence-electron chi connectivity index (χ1n) is 8.67. The second kappa shape index (κ2) is 6.21. The van der Waals surface area contributed by atoms with Gasteiger partial charge in [0.2, 0.25) is 11.7 Å². The monoisotopic (exact) mass is 355 g/mol. The van der Waals surface area contributed by atoms with E-state index in [4.69, 9.17) is 4.74 Å². The van der Waals surface area contributed by atoms with Crippen molar-refractivity contribution in [2.24, 2.45) is 0 Å². The Bertz CT molecular complexity index is 847. The molecule has 0 spiro atoms. The third kappa shape index (κ3) is 2.86. The number of H-pyrrole nitrogens is 1. The van der Waals surface area contributed by atoms with Crippen LogP contribution in [0.1, 0.15) is 38.2 Å². The van der Waals surface area contributed by atoms with E-state index in [2.05, 4.69) is 20.6 Å². The maximum absolute atomic E-state index is 12.2. The third-order valence-corrected chi connectivity index (χ3v) is 5.00. The number of allylic oxidation sites excluding steroid dienone is 1. The minimum absolute atomic E-state index is 0.0693. The molecular formula is C18H21N5O3. The minimum atomic E-state index is -0.765. The highest BCUT2D eigenvalue weighted by Crippen LogP contribution is 2.43. The molecule has 0 fully saturated rings. The van der Waals surface area contributed by atoms with E-state index in [0.29, 0.717) is 24.5 Å². The van der Waals surface area contributed by atoms with Crippen molar-refractivity contribution in [3.05, 3.63) is 36.0 Å². The summed E-state index contributed by atoms with van der Waals surface area (Å²) in [6, 6.07) is 5.62. The average molecular weight is 355 g/mol. The first-order chi connectivity index (χ1) is 12.5. The molecule has 2 N–H and O–H groups in total. The maximum Gasteiger partial charge on any atom is 0.226 e. The number of carbonyl (C=O) groups is 1. The SMILES string of the molecule is CC1(C)Oc2ccc(-c3nn[nH]n3)cc2C(CN2C=CCCC2=O)[C@@H]1O. The van der Waals surface area contributed by atoms with E-state index in [9.17, 15) is 9.90 Å². The van der Waals surface area contributed by atoms with E-state index in [1.165, 1.54) is 0 Å². The Morgan fingerprint density at radius 2 is 2.27 bits per heavy atom. The first kappa shape index (κ1) is 16.7. The Morgan fingerprint density at radius 3 is 3.00 bits per heavy atom. The van der Waals surface area contributed by atoms with Crippen LogP contribution in [0.5, 0.6) is 5.75 Å². The van der Waals surface area contributed by atoms with Gasteiger partial charge in [-0.3, -0.25) is 4.79 Å². The van der Waals surface area contributed by atoms with Gasteiger partial charge in [-0.1, -0.05) is 6.08 Å². The smallest absolute Gasteiger partial charge is 0.226 e. The Labute approximate surface area is 150 Å². The molecule has 8 heteroatoms. The number of amides is 1. The Kier molecular flexibility index (Phi) is 3.99. The zero-order chi connectivity index (χ0) is 18.3. The van der Waals surface area contributed by atoms with Crippen molar-refractivity contribution < 1.29 is 14.6 Å². The highest BCUT2D eigenvalue weighted by Gasteiger charge is 2.44. The van der Waals surface area contributed by atoms with Crippen molar-refractivity contribution >= 4 is 5.91 Å². The van der Waals surface area contributed by atoms with Crippen LogP contribution in [-0.4, -0.2) is 54.8 Å². The largest absolute Gasteiger partial charge is 0.485 e. The number of aromatic amines is 1. The zero-order valence-corrected chi connectivity index (χ0v) is 14.7. The number of aliphatic hydroxyl groups excluding tert-OH is 1. The highest BCUT2D eigenvalue weighted by atomic mass is 16.5. The fourth-order valence-corrected chi connectivity index (χ4v) is 3.56. The molecule has 2 aliphatic rings. The van der Waals surface area contributed by atoms with Crippen molar-refractivity contribution in [2.45, 2.75) is 44.3 Å². The topological polar surface area (TPSA) is 104 Å². The molecule has 1 amide bonds. The van der Waals surface area contributed by atoms with Gasteiger partial charge in [0.15, 0.2) is 0 Å². The number of carbonyl (C=O) groups excluding carboxylic acids is 1. The molecule has 2 atom stereocenters. The molecule has 136 valence electrons. The number of ether oxygens (including phenoxy) is 1. The van der Waals surface area contributed by atoms with E-state index in [-0.39, 0.29) is 11.8 Å². The van der Waals surface area contributed by atoms with Crippen LogP contribution >= 0.6 is 0 Å². The lowest BCUT2D eigenvalue weighted by Gasteiger charge is -2.43. The lowest BCUT2D eigenvalue weighted by Crippen LogP contribution is -2.51. The molecule has 2 aromatic rings. The number of hydrogen-bond acceptors (Lipinski definition) is 6. The Balaban J connectivity index is 1.74. The van der Waals surface area contributed by atoms with Gasteiger partial charge in [-0.2, -0.15) is 5.21 Å². The molecule has 3 heterocycles. The third-order valence-electron chi connectivity index (χ3n) is 5.00. The molecule has 1 unspecified atom stereocenters. The summed E-state index contributed by atoms with van der Waals surface area (Å²) >= 11 is 0.